The fraction of sp³-hybridized carbons (Fsp3) is 0.0476. The largest absolute Gasteiger partial charge is 0.465 e. The minimum absolute atomic E-state index is 0.237. The number of carbonyl (C=O) groups excluding carboxylic acids is 1. The maximum absolute atomic E-state index is 12.0. The first-order valence-electron chi connectivity index (χ1n) is 8.89. The Kier molecular flexibility index (Phi) is 5.15. The molecular weight excluding hydrogens is 368 g/mol. The number of nitrogens with one attached hydrogen (secondary N) is 2. The summed E-state index contributed by atoms with van der Waals surface area (Å²) in [5, 5.41) is 6.05. The molecule has 4 aromatic rings. The first kappa shape index (κ1) is 18.2. The van der Waals surface area contributed by atoms with Crippen LogP contribution in [0.5, 0.6) is 0 Å². The fourth-order valence-electron chi connectivity index (χ4n) is 2.66. The zero-order valence-electron chi connectivity index (χ0n) is 15.6. The molecule has 0 saturated heterocycles. The number of hydrogen-bond acceptors (Lipinski definition) is 6. The van der Waals surface area contributed by atoms with E-state index in [1.165, 1.54) is 6.08 Å². The molecule has 4 rings (SSSR count). The van der Waals surface area contributed by atoms with Gasteiger partial charge >= 0.3 is 0 Å². The molecule has 3 heterocycles. The fourth-order valence-corrected chi connectivity index (χ4v) is 2.66. The number of rotatable bonds is 6. The molecule has 2 N–H and O–H groups in total. The van der Waals surface area contributed by atoms with Crippen LogP contribution in [0.25, 0.3) is 11.9 Å². The van der Waals surface area contributed by atoms with E-state index in [0.717, 1.165) is 11.5 Å². The summed E-state index contributed by atoms with van der Waals surface area (Å²) in [7, 11) is 0. The molecule has 8 heteroatoms. The summed E-state index contributed by atoms with van der Waals surface area (Å²) in [5.74, 6) is 2.42. The van der Waals surface area contributed by atoms with Crippen LogP contribution in [0, 0.1) is 6.92 Å². The number of amides is 1. The van der Waals surface area contributed by atoms with E-state index in [1.807, 2.05) is 48.0 Å². The highest BCUT2D eigenvalue weighted by atomic mass is 16.3. The predicted octanol–water partition coefficient (Wildman–Crippen LogP) is 3.96. The lowest BCUT2D eigenvalue weighted by molar-refractivity contribution is -0.111. The molecule has 0 unspecified atom stereocenters. The number of benzene rings is 1. The van der Waals surface area contributed by atoms with Gasteiger partial charge in [-0.25, -0.2) is 15.0 Å². The van der Waals surface area contributed by atoms with Gasteiger partial charge in [0, 0.05) is 35.9 Å². The Hall–Kier alpha value is -4.20. The smallest absolute Gasteiger partial charge is 0.248 e. The normalized spacial score (nSPS) is 10.9. The van der Waals surface area contributed by atoms with Gasteiger partial charge in [0.15, 0.2) is 0 Å². The molecule has 0 bridgehead atoms. The van der Waals surface area contributed by atoms with E-state index in [4.69, 9.17) is 4.42 Å². The summed E-state index contributed by atoms with van der Waals surface area (Å²) in [6.07, 6.45) is 9.79. The number of imidazole rings is 1. The molecule has 0 spiro atoms. The summed E-state index contributed by atoms with van der Waals surface area (Å²) >= 11 is 0. The van der Waals surface area contributed by atoms with Crippen molar-refractivity contribution in [3.05, 3.63) is 85.1 Å². The van der Waals surface area contributed by atoms with Crippen LogP contribution in [0.3, 0.4) is 0 Å². The van der Waals surface area contributed by atoms with Crippen LogP contribution >= 0.6 is 0 Å². The Bertz CT molecular complexity index is 1120. The summed E-state index contributed by atoms with van der Waals surface area (Å²) in [6, 6.07) is 12.7. The van der Waals surface area contributed by atoms with Gasteiger partial charge in [0.2, 0.25) is 5.91 Å². The molecule has 0 aliphatic heterocycles. The van der Waals surface area contributed by atoms with Crippen molar-refractivity contribution in [1.29, 1.82) is 0 Å². The van der Waals surface area contributed by atoms with E-state index in [1.54, 1.807) is 37.0 Å². The van der Waals surface area contributed by atoms with E-state index < -0.39 is 0 Å². The van der Waals surface area contributed by atoms with E-state index in [-0.39, 0.29) is 5.91 Å². The average Bonchev–Trinajstić information content (AvgIpc) is 3.42. The van der Waals surface area contributed by atoms with Gasteiger partial charge in [-0.2, -0.15) is 0 Å². The van der Waals surface area contributed by atoms with Crippen molar-refractivity contribution in [2.24, 2.45) is 0 Å². The van der Waals surface area contributed by atoms with Crippen molar-refractivity contribution < 1.29 is 9.21 Å². The Morgan fingerprint density at radius 3 is 2.69 bits per heavy atom. The molecule has 0 atom stereocenters. The van der Waals surface area contributed by atoms with Gasteiger partial charge < -0.3 is 15.1 Å². The number of aromatic nitrogens is 4. The topological polar surface area (TPSA) is 97.9 Å². The zero-order valence-corrected chi connectivity index (χ0v) is 15.6. The van der Waals surface area contributed by atoms with Crippen molar-refractivity contribution >= 4 is 29.2 Å². The molecule has 3 aromatic heterocycles. The van der Waals surface area contributed by atoms with Crippen molar-refractivity contribution in [2.45, 2.75) is 6.92 Å². The highest BCUT2D eigenvalue weighted by Crippen LogP contribution is 2.19. The number of aryl methyl sites for hydroxylation is 1. The van der Waals surface area contributed by atoms with Crippen LogP contribution in [0.15, 0.2) is 77.9 Å². The second-order valence-electron chi connectivity index (χ2n) is 6.17. The SMILES string of the molecule is Cc1nc(Nc2ccc(NC(=O)/C=C/c3ccco3)cc2)cc(-n2ccnc2)n1. The molecule has 0 aliphatic rings. The van der Waals surface area contributed by atoms with Gasteiger partial charge in [0.1, 0.15) is 29.5 Å². The first-order chi connectivity index (χ1) is 14.2. The van der Waals surface area contributed by atoms with Crippen molar-refractivity contribution in [3.8, 4) is 5.82 Å². The van der Waals surface area contributed by atoms with Gasteiger partial charge in [-0.15, -0.1) is 0 Å². The third-order valence-electron chi connectivity index (χ3n) is 3.96. The second-order valence-corrected chi connectivity index (χ2v) is 6.17. The maximum atomic E-state index is 12.0. The van der Waals surface area contributed by atoms with Gasteiger partial charge in [-0.05, 0) is 49.4 Å². The molecule has 29 heavy (non-hydrogen) atoms. The van der Waals surface area contributed by atoms with E-state index in [2.05, 4.69) is 25.6 Å². The van der Waals surface area contributed by atoms with Crippen LogP contribution in [0.4, 0.5) is 17.2 Å². The summed E-state index contributed by atoms with van der Waals surface area (Å²) in [5.41, 5.74) is 1.52. The van der Waals surface area contributed by atoms with Crippen LogP contribution in [0.1, 0.15) is 11.6 Å². The number of furan rings is 1. The number of hydrogen-bond donors (Lipinski definition) is 2. The Morgan fingerprint density at radius 1 is 1.14 bits per heavy atom. The lowest BCUT2D eigenvalue weighted by Gasteiger charge is -2.10. The van der Waals surface area contributed by atoms with Gasteiger partial charge in [0.25, 0.3) is 0 Å². The molecule has 0 radical (unpaired) electrons. The molecule has 0 fully saturated rings. The van der Waals surface area contributed by atoms with Gasteiger partial charge in [-0.1, -0.05) is 0 Å². The summed E-state index contributed by atoms with van der Waals surface area (Å²) in [6.45, 7) is 1.83. The third kappa shape index (κ3) is 4.75. The molecule has 1 aromatic carbocycles. The molecule has 1 amide bonds. The van der Waals surface area contributed by atoms with Gasteiger partial charge in [0.05, 0.1) is 6.26 Å². The predicted molar refractivity (Wildman–Crippen MR) is 110 cm³/mol. The van der Waals surface area contributed by atoms with E-state index in [0.29, 0.717) is 23.1 Å². The zero-order chi connectivity index (χ0) is 20.1. The number of anilines is 3. The second kappa shape index (κ2) is 8.22. The highest BCUT2D eigenvalue weighted by Gasteiger charge is 2.05. The summed E-state index contributed by atoms with van der Waals surface area (Å²) < 4.78 is 6.97. The van der Waals surface area contributed by atoms with E-state index >= 15 is 0 Å². The van der Waals surface area contributed by atoms with Crippen molar-refractivity contribution in [1.82, 2.24) is 19.5 Å². The van der Waals surface area contributed by atoms with E-state index in [9.17, 15) is 4.79 Å². The van der Waals surface area contributed by atoms with Crippen molar-refractivity contribution in [3.63, 3.8) is 0 Å². The lowest BCUT2D eigenvalue weighted by Crippen LogP contribution is -2.07. The minimum Gasteiger partial charge on any atom is -0.465 e. The molecule has 0 aliphatic carbocycles. The molecule has 8 nitrogen and oxygen atoms in total. The van der Waals surface area contributed by atoms with Crippen LogP contribution in [-0.2, 0) is 4.79 Å². The quantitative estimate of drug-likeness (QED) is 0.487. The average molecular weight is 386 g/mol. The van der Waals surface area contributed by atoms with Gasteiger partial charge in [-0.3, -0.25) is 9.36 Å². The number of carbonyl (C=O) groups is 1. The monoisotopic (exact) mass is 386 g/mol. The standard InChI is InChI=1S/C21H18N6O2/c1-15-23-19(13-20(24-15)27-11-10-22-14-27)25-16-4-6-17(7-5-16)26-21(28)9-8-18-3-2-12-29-18/h2-14H,1H3,(H,26,28)(H,23,24,25)/b9-8+. The van der Waals surface area contributed by atoms with Crippen LogP contribution < -0.4 is 10.6 Å². The Balaban J connectivity index is 1.41. The maximum Gasteiger partial charge on any atom is 0.248 e. The highest BCUT2D eigenvalue weighted by molar-refractivity contribution is 6.01. The van der Waals surface area contributed by atoms with Crippen LogP contribution in [-0.4, -0.2) is 25.4 Å². The minimum atomic E-state index is -0.237. The molecule has 0 saturated carbocycles. The summed E-state index contributed by atoms with van der Waals surface area (Å²) in [4.78, 5) is 24.9. The Labute approximate surface area is 167 Å². The third-order valence-corrected chi connectivity index (χ3v) is 3.96. The Morgan fingerprint density at radius 2 is 1.97 bits per heavy atom. The molecule has 144 valence electrons. The van der Waals surface area contributed by atoms with Crippen molar-refractivity contribution in [2.75, 3.05) is 10.6 Å². The number of nitrogens with zero attached hydrogens (tertiary/aromatic N) is 4. The molecular formula is C21H18N6O2. The first-order valence-corrected chi connectivity index (χ1v) is 8.89. The van der Waals surface area contributed by atoms with Crippen LogP contribution in [0.2, 0.25) is 0 Å². The lowest BCUT2D eigenvalue weighted by atomic mass is 10.2.